The minimum absolute atomic E-state index is 0.0586. The molecule has 5 heteroatoms. The van der Waals surface area contributed by atoms with Crippen LogP contribution in [0.4, 0.5) is 0 Å². The van der Waals surface area contributed by atoms with Gasteiger partial charge in [0.15, 0.2) is 0 Å². The fourth-order valence-electron chi connectivity index (χ4n) is 1.08. The Hall–Kier alpha value is -0.260. The fraction of sp³-hybridized carbons (Fsp3) is 0.857. The molecule has 1 amide bonds. The Morgan fingerprint density at radius 1 is 1.75 bits per heavy atom. The highest BCUT2D eigenvalue weighted by molar-refractivity contribution is 8.00. The molecule has 0 aromatic rings. The molecule has 0 radical (unpaired) electrons. The third kappa shape index (κ3) is 2.66. The Labute approximate surface area is 76.1 Å². The minimum atomic E-state index is -0.294. The highest BCUT2D eigenvalue weighted by Crippen LogP contribution is 2.10. The van der Waals surface area contributed by atoms with E-state index >= 15 is 0 Å². The molecule has 0 aromatic carbocycles. The standard InChI is InChI=1S/C7H14N2O2S/c8-6(4-10)3-9-1-2-12-5-7(9)11/h6,10H,1-5,8H2. The van der Waals surface area contributed by atoms with Crippen molar-refractivity contribution >= 4 is 17.7 Å². The summed E-state index contributed by atoms with van der Waals surface area (Å²) in [6.07, 6.45) is 0. The number of rotatable bonds is 3. The second-order valence-electron chi connectivity index (χ2n) is 2.83. The Balaban J connectivity index is 2.34. The lowest BCUT2D eigenvalue weighted by molar-refractivity contribution is -0.128. The first-order valence-corrected chi connectivity index (χ1v) is 5.11. The first-order valence-electron chi connectivity index (χ1n) is 3.96. The van der Waals surface area contributed by atoms with E-state index in [1.54, 1.807) is 16.7 Å². The van der Waals surface area contributed by atoms with Gasteiger partial charge in [0, 0.05) is 24.9 Å². The van der Waals surface area contributed by atoms with Gasteiger partial charge in [0.2, 0.25) is 5.91 Å². The van der Waals surface area contributed by atoms with Gasteiger partial charge in [-0.1, -0.05) is 0 Å². The summed E-state index contributed by atoms with van der Waals surface area (Å²) in [5, 5.41) is 8.68. The van der Waals surface area contributed by atoms with Crippen molar-refractivity contribution in [3.05, 3.63) is 0 Å². The third-order valence-electron chi connectivity index (χ3n) is 1.77. The number of nitrogens with two attached hydrogens (primary N) is 1. The Morgan fingerprint density at radius 2 is 2.50 bits per heavy atom. The highest BCUT2D eigenvalue weighted by Gasteiger charge is 2.19. The lowest BCUT2D eigenvalue weighted by Crippen LogP contribution is -2.46. The summed E-state index contributed by atoms with van der Waals surface area (Å²) in [6, 6.07) is -0.294. The van der Waals surface area contributed by atoms with E-state index in [1.807, 2.05) is 0 Å². The molecule has 12 heavy (non-hydrogen) atoms. The third-order valence-corrected chi connectivity index (χ3v) is 2.70. The highest BCUT2D eigenvalue weighted by atomic mass is 32.2. The van der Waals surface area contributed by atoms with Crippen molar-refractivity contribution < 1.29 is 9.90 Å². The Bertz CT molecular complexity index is 165. The van der Waals surface area contributed by atoms with Gasteiger partial charge in [-0.05, 0) is 0 Å². The van der Waals surface area contributed by atoms with Crippen LogP contribution in [0.3, 0.4) is 0 Å². The fourth-order valence-corrected chi connectivity index (χ4v) is 1.94. The molecule has 1 saturated heterocycles. The quantitative estimate of drug-likeness (QED) is 0.591. The van der Waals surface area contributed by atoms with Gasteiger partial charge in [0.1, 0.15) is 0 Å². The maximum absolute atomic E-state index is 11.2. The average molecular weight is 190 g/mol. The van der Waals surface area contributed by atoms with Crippen molar-refractivity contribution in [3.8, 4) is 0 Å². The second kappa shape index (κ2) is 4.69. The van der Waals surface area contributed by atoms with Gasteiger partial charge in [-0.15, -0.1) is 0 Å². The summed E-state index contributed by atoms with van der Waals surface area (Å²) < 4.78 is 0. The molecule has 1 heterocycles. The van der Waals surface area contributed by atoms with E-state index in [1.165, 1.54) is 0 Å². The second-order valence-corrected chi connectivity index (χ2v) is 3.94. The Morgan fingerprint density at radius 3 is 3.08 bits per heavy atom. The SMILES string of the molecule is NC(CO)CN1CCSCC1=O. The van der Waals surface area contributed by atoms with Crippen LogP contribution in [-0.2, 0) is 4.79 Å². The van der Waals surface area contributed by atoms with Crippen molar-refractivity contribution in [2.45, 2.75) is 6.04 Å². The predicted molar refractivity (Wildman–Crippen MR) is 49.0 cm³/mol. The summed E-state index contributed by atoms with van der Waals surface area (Å²) in [5.74, 6) is 1.66. The zero-order valence-corrected chi connectivity index (χ0v) is 7.72. The molecular formula is C7H14N2O2S. The molecule has 1 unspecified atom stereocenters. The van der Waals surface area contributed by atoms with E-state index < -0.39 is 0 Å². The summed E-state index contributed by atoms with van der Waals surface area (Å²) in [4.78, 5) is 12.9. The lowest BCUT2D eigenvalue weighted by atomic mass is 10.3. The normalized spacial score (nSPS) is 21.2. The molecule has 1 fully saturated rings. The van der Waals surface area contributed by atoms with Gasteiger partial charge >= 0.3 is 0 Å². The maximum Gasteiger partial charge on any atom is 0.232 e. The van der Waals surface area contributed by atoms with E-state index in [0.29, 0.717) is 12.3 Å². The number of aliphatic hydroxyl groups excluding tert-OH is 1. The monoisotopic (exact) mass is 190 g/mol. The molecule has 1 aliphatic heterocycles. The molecule has 3 N–H and O–H groups in total. The first-order chi connectivity index (χ1) is 5.74. The number of hydrogen-bond donors (Lipinski definition) is 2. The topological polar surface area (TPSA) is 66.6 Å². The van der Waals surface area contributed by atoms with E-state index in [4.69, 9.17) is 10.8 Å². The number of carbonyl (C=O) groups is 1. The molecule has 4 nitrogen and oxygen atoms in total. The minimum Gasteiger partial charge on any atom is -0.395 e. The molecule has 0 aromatic heterocycles. The number of aliphatic hydroxyl groups is 1. The molecular weight excluding hydrogens is 176 g/mol. The van der Waals surface area contributed by atoms with Gasteiger partial charge in [-0.2, -0.15) is 11.8 Å². The van der Waals surface area contributed by atoms with Crippen molar-refractivity contribution in [2.24, 2.45) is 5.73 Å². The zero-order valence-electron chi connectivity index (χ0n) is 6.90. The molecule has 1 atom stereocenters. The molecule has 0 bridgehead atoms. The van der Waals surface area contributed by atoms with Gasteiger partial charge in [0.25, 0.3) is 0 Å². The van der Waals surface area contributed by atoms with Crippen LogP contribution in [0, 0.1) is 0 Å². The summed E-state index contributed by atoms with van der Waals surface area (Å²) in [6.45, 7) is 1.18. The molecule has 1 rings (SSSR count). The summed E-state index contributed by atoms with van der Waals surface area (Å²) in [7, 11) is 0. The van der Waals surface area contributed by atoms with Crippen molar-refractivity contribution in [1.29, 1.82) is 0 Å². The van der Waals surface area contributed by atoms with Gasteiger partial charge in [-0.25, -0.2) is 0 Å². The largest absolute Gasteiger partial charge is 0.395 e. The first kappa shape index (κ1) is 9.83. The molecule has 70 valence electrons. The van der Waals surface area contributed by atoms with E-state index in [2.05, 4.69) is 0 Å². The van der Waals surface area contributed by atoms with Crippen LogP contribution >= 0.6 is 11.8 Å². The molecule has 0 aliphatic carbocycles. The van der Waals surface area contributed by atoms with E-state index in [-0.39, 0.29) is 18.6 Å². The van der Waals surface area contributed by atoms with Gasteiger partial charge < -0.3 is 15.7 Å². The molecule has 0 saturated carbocycles. The number of nitrogens with zero attached hydrogens (tertiary/aromatic N) is 1. The van der Waals surface area contributed by atoms with Crippen LogP contribution in [0.5, 0.6) is 0 Å². The molecule has 1 aliphatic rings. The van der Waals surface area contributed by atoms with Crippen molar-refractivity contribution in [3.63, 3.8) is 0 Å². The van der Waals surface area contributed by atoms with Crippen LogP contribution in [0.2, 0.25) is 0 Å². The van der Waals surface area contributed by atoms with Crippen LogP contribution in [0.1, 0.15) is 0 Å². The number of carbonyl (C=O) groups excluding carboxylic acids is 1. The lowest BCUT2D eigenvalue weighted by Gasteiger charge is -2.28. The molecule has 0 spiro atoms. The van der Waals surface area contributed by atoms with Crippen LogP contribution in [-0.4, -0.2) is 53.2 Å². The van der Waals surface area contributed by atoms with E-state index in [0.717, 1.165) is 12.3 Å². The summed E-state index contributed by atoms with van der Waals surface area (Å²) in [5.41, 5.74) is 5.52. The van der Waals surface area contributed by atoms with Crippen molar-refractivity contribution in [2.75, 3.05) is 31.2 Å². The van der Waals surface area contributed by atoms with Gasteiger partial charge in [0.05, 0.1) is 12.4 Å². The number of thioether (sulfide) groups is 1. The van der Waals surface area contributed by atoms with Gasteiger partial charge in [-0.3, -0.25) is 4.79 Å². The zero-order chi connectivity index (χ0) is 8.97. The average Bonchev–Trinajstić information content (AvgIpc) is 2.09. The smallest absolute Gasteiger partial charge is 0.232 e. The number of hydrogen-bond acceptors (Lipinski definition) is 4. The Kier molecular flexibility index (Phi) is 3.84. The maximum atomic E-state index is 11.2. The number of amides is 1. The van der Waals surface area contributed by atoms with Crippen LogP contribution < -0.4 is 5.73 Å². The van der Waals surface area contributed by atoms with E-state index in [9.17, 15) is 4.79 Å². The van der Waals surface area contributed by atoms with Crippen molar-refractivity contribution in [1.82, 2.24) is 4.90 Å². The predicted octanol–water partition coefficient (Wildman–Crippen LogP) is -1.12. The summed E-state index contributed by atoms with van der Waals surface area (Å²) >= 11 is 1.65. The van der Waals surface area contributed by atoms with Crippen LogP contribution in [0.25, 0.3) is 0 Å². The van der Waals surface area contributed by atoms with Crippen LogP contribution in [0.15, 0.2) is 0 Å².